The summed E-state index contributed by atoms with van der Waals surface area (Å²) in [7, 11) is 0. The Labute approximate surface area is 117 Å². The maximum absolute atomic E-state index is 11.9. The number of allylic oxidation sites excluding steroid dienone is 2. The number of carbonyl (C=O) groups excluding carboxylic acids is 1. The SMILES string of the molecule is O=C(/C=C(\O)CCC1CCCC1)CC1CCCCC1. The topological polar surface area (TPSA) is 37.3 Å². The Morgan fingerprint density at radius 3 is 2.21 bits per heavy atom. The smallest absolute Gasteiger partial charge is 0.159 e. The van der Waals surface area contributed by atoms with Crippen molar-refractivity contribution in [3.05, 3.63) is 11.8 Å². The Kier molecular flexibility index (Phi) is 5.93. The Morgan fingerprint density at radius 2 is 1.53 bits per heavy atom. The van der Waals surface area contributed by atoms with E-state index in [1.165, 1.54) is 63.9 Å². The van der Waals surface area contributed by atoms with Gasteiger partial charge in [0.15, 0.2) is 5.78 Å². The van der Waals surface area contributed by atoms with E-state index in [2.05, 4.69) is 0 Å². The molecule has 0 aromatic carbocycles. The molecule has 0 bridgehead atoms. The summed E-state index contributed by atoms with van der Waals surface area (Å²) in [6, 6.07) is 0. The summed E-state index contributed by atoms with van der Waals surface area (Å²) >= 11 is 0. The lowest BCUT2D eigenvalue weighted by atomic mass is 9.85. The molecule has 2 aliphatic rings. The van der Waals surface area contributed by atoms with Crippen LogP contribution in [-0.2, 0) is 4.79 Å². The van der Waals surface area contributed by atoms with E-state index in [1.54, 1.807) is 0 Å². The van der Waals surface area contributed by atoms with Crippen LogP contribution in [0.3, 0.4) is 0 Å². The molecular formula is C17H28O2. The zero-order chi connectivity index (χ0) is 13.5. The third-order valence-electron chi connectivity index (χ3n) is 4.83. The lowest BCUT2D eigenvalue weighted by Crippen LogP contribution is -2.11. The number of rotatable bonds is 6. The number of ketones is 1. The predicted octanol–water partition coefficient (Wildman–Crippen LogP) is 4.94. The molecule has 0 aromatic rings. The van der Waals surface area contributed by atoms with E-state index in [0.717, 1.165) is 12.3 Å². The van der Waals surface area contributed by atoms with Crippen molar-refractivity contribution >= 4 is 5.78 Å². The van der Waals surface area contributed by atoms with Gasteiger partial charge in [0.2, 0.25) is 0 Å². The number of hydrogen-bond acceptors (Lipinski definition) is 2. The summed E-state index contributed by atoms with van der Waals surface area (Å²) in [4.78, 5) is 11.9. The van der Waals surface area contributed by atoms with Crippen molar-refractivity contribution in [2.75, 3.05) is 0 Å². The van der Waals surface area contributed by atoms with Crippen LogP contribution in [0.25, 0.3) is 0 Å². The molecule has 0 aromatic heterocycles. The molecule has 2 heteroatoms. The van der Waals surface area contributed by atoms with E-state index in [9.17, 15) is 9.90 Å². The largest absolute Gasteiger partial charge is 0.512 e. The molecule has 108 valence electrons. The van der Waals surface area contributed by atoms with Gasteiger partial charge in [0, 0.05) is 18.9 Å². The molecule has 0 heterocycles. The van der Waals surface area contributed by atoms with Gasteiger partial charge < -0.3 is 5.11 Å². The fourth-order valence-corrected chi connectivity index (χ4v) is 3.64. The van der Waals surface area contributed by atoms with Gasteiger partial charge in [0.1, 0.15) is 0 Å². The van der Waals surface area contributed by atoms with E-state index in [4.69, 9.17) is 0 Å². The first-order valence-electron chi connectivity index (χ1n) is 8.16. The highest BCUT2D eigenvalue weighted by Crippen LogP contribution is 2.30. The fourth-order valence-electron chi connectivity index (χ4n) is 3.64. The summed E-state index contributed by atoms with van der Waals surface area (Å²) in [5.74, 6) is 1.80. The molecule has 2 saturated carbocycles. The summed E-state index contributed by atoms with van der Waals surface area (Å²) in [5, 5.41) is 9.85. The first kappa shape index (κ1) is 14.6. The molecule has 1 N–H and O–H groups in total. The number of carbonyl (C=O) groups is 1. The van der Waals surface area contributed by atoms with E-state index < -0.39 is 0 Å². The molecule has 0 spiro atoms. The highest BCUT2D eigenvalue weighted by atomic mass is 16.3. The van der Waals surface area contributed by atoms with Crippen LogP contribution in [0.2, 0.25) is 0 Å². The molecule has 0 atom stereocenters. The van der Waals surface area contributed by atoms with Gasteiger partial charge in [-0.25, -0.2) is 0 Å². The molecule has 0 radical (unpaired) electrons. The van der Waals surface area contributed by atoms with Crippen LogP contribution in [0.5, 0.6) is 0 Å². The molecule has 2 aliphatic carbocycles. The normalized spacial score (nSPS) is 22.8. The quantitative estimate of drug-likeness (QED) is 0.545. The van der Waals surface area contributed by atoms with Crippen LogP contribution in [0.1, 0.15) is 77.0 Å². The summed E-state index contributed by atoms with van der Waals surface area (Å²) in [5.41, 5.74) is 0. The molecule has 19 heavy (non-hydrogen) atoms. The molecule has 2 fully saturated rings. The second-order valence-electron chi connectivity index (χ2n) is 6.50. The maximum atomic E-state index is 11.9. The summed E-state index contributed by atoms with van der Waals surface area (Å²) in [6.45, 7) is 0. The lowest BCUT2D eigenvalue weighted by molar-refractivity contribution is -0.115. The third-order valence-corrected chi connectivity index (χ3v) is 4.83. The Balaban J connectivity index is 1.67. The second kappa shape index (κ2) is 7.72. The van der Waals surface area contributed by atoms with Crippen LogP contribution >= 0.6 is 0 Å². The Bertz CT molecular complexity index is 307. The van der Waals surface area contributed by atoms with Crippen molar-refractivity contribution in [3.8, 4) is 0 Å². The van der Waals surface area contributed by atoms with E-state index in [1.807, 2.05) is 0 Å². The highest BCUT2D eigenvalue weighted by Gasteiger charge is 2.17. The van der Waals surface area contributed by atoms with Crippen LogP contribution in [-0.4, -0.2) is 10.9 Å². The minimum Gasteiger partial charge on any atom is -0.512 e. The maximum Gasteiger partial charge on any atom is 0.159 e. The Hall–Kier alpha value is -0.790. The minimum atomic E-state index is 0.135. The standard InChI is InChI=1S/C17H28O2/c18-16(11-10-14-6-4-5-7-14)13-17(19)12-15-8-2-1-3-9-15/h13-15,18H,1-12H2/b16-13-. The van der Waals surface area contributed by atoms with Crippen LogP contribution in [0.15, 0.2) is 11.8 Å². The Morgan fingerprint density at radius 1 is 0.947 bits per heavy atom. The average molecular weight is 264 g/mol. The van der Waals surface area contributed by atoms with Gasteiger partial charge in [-0.2, -0.15) is 0 Å². The average Bonchev–Trinajstić information content (AvgIpc) is 2.90. The molecule has 0 aliphatic heterocycles. The van der Waals surface area contributed by atoms with Crippen molar-refractivity contribution in [1.82, 2.24) is 0 Å². The second-order valence-corrected chi connectivity index (χ2v) is 6.50. The van der Waals surface area contributed by atoms with Gasteiger partial charge in [-0.05, 0) is 18.3 Å². The highest BCUT2D eigenvalue weighted by molar-refractivity contribution is 5.90. The van der Waals surface area contributed by atoms with Gasteiger partial charge >= 0.3 is 0 Å². The van der Waals surface area contributed by atoms with Gasteiger partial charge in [-0.1, -0.05) is 57.8 Å². The molecule has 2 rings (SSSR count). The molecule has 0 amide bonds. The van der Waals surface area contributed by atoms with Crippen LogP contribution < -0.4 is 0 Å². The van der Waals surface area contributed by atoms with E-state index >= 15 is 0 Å². The minimum absolute atomic E-state index is 0.135. The number of aliphatic hydroxyl groups is 1. The van der Waals surface area contributed by atoms with Crippen molar-refractivity contribution in [2.24, 2.45) is 11.8 Å². The summed E-state index contributed by atoms with van der Waals surface area (Å²) < 4.78 is 0. The van der Waals surface area contributed by atoms with Crippen LogP contribution in [0, 0.1) is 11.8 Å². The van der Waals surface area contributed by atoms with Crippen molar-refractivity contribution in [1.29, 1.82) is 0 Å². The lowest BCUT2D eigenvalue weighted by Gasteiger charge is -2.20. The first-order valence-corrected chi connectivity index (χ1v) is 8.16. The number of aliphatic hydroxyl groups excluding tert-OH is 1. The van der Waals surface area contributed by atoms with E-state index in [-0.39, 0.29) is 5.78 Å². The number of hydrogen-bond donors (Lipinski definition) is 1. The van der Waals surface area contributed by atoms with Crippen molar-refractivity contribution in [3.63, 3.8) is 0 Å². The predicted molar refractivity (Wildman–Crippen MR) is 78.1 cm³/mol. The van der Waals surface area contributed by atoms with E-state index in [0.29, 0.717) is 24.5 Å². The molecular weight excluding hydrogens is 236 g/mol. The van der Waals surface area contributed by atoms with Gasteiger partial charge in [-0.15, -0.1) is 0 Å². The zero-order valence-corrected chi connectivity index (χ0v) is 12.1. The molecule has 0 unspecified atom stereocenters. The van der Waals surface area contributed by atoms with Gasteiger partial charge in [0.05, 0.1) is 5.76 Å². The summed E-state index contributed by atoms with van der Waals surface area (Å²) in [6.07, 6.45) is 15.5. The van der Waals surface area contributed by atoms with Gasteiger partial charge in [-0.3, -0.25) is 4.79 Å². The monoisotopic (exact) mass is 264 g/mol. The fraction of sp³-hybridized carbons (Fsp3) is 0.824. The molecule has 0 saturated heterocycles. The van der Waals surface area contributed by atoms with Gasteiger partial charge in [0.25, 0.3) is 0 Å². The molecule has 2 nitrogen and oxygen atoms in total. The third kappa shape index (κ3) is 5.38. The zero-order valence-electron chi connectivity index (χ0n) is 12.1. The van der Waals surface area contributed by atoms with Crippen molar-refractivity contribution < 1.29 is 9.90 Å². The van der Waals surface area contributed by atoms with Crippen molar-refractivity contribution in [2.45, 2.75) is 77.0 Å². The van der Waals surface area contributed by atoms with Crippen LogP contribution in [0.4, 0.5) is 0 Å². The first-order chi connectivity index (χ1) is 9.24.